The molecule has 3 rings (SSSR count). The Balaban J connectivity index is 1.60. The number of ether oxygens (including phenoxy) is 2. The molecule has 0 aromatic carbocycles. The zero-order valence-electron chi connectivity index (χ0n) is 14.2. The first-order valence-corrected chi connectivity index (χ1v) is 10.3. The maximum Gasteiger partial charge on any atom is 0.318 e. The molecule has 3 fully saturated rings. The van der Waals surface area contributed by atoms with Crippen LogP contribution in [0.15, 0.2) is 0 Å². The van der Waals surface area contributed by atoms with E-state index in [0.29, 0.717) is 13.2 Å². The van der Waals surface area contributed by atoms with E-state index < -0.39 is 28.6 Å². The fourth-order valence-electron chi connectivity index (χ4n) is 3.86. The molecular formula is C15H24N2O7S. The predicted molar refractivity (Wildman–Crippen MR) is 86.4 cm³/mol. The Hall–Kier alpha value is -1.23. The lowest BCUT2D eigenvalue weighted by Crippen LogP contribution is -2.53. The van der Waals surface area contributed by atoms with Crippen LogP contribution in [0.2, 0.25) is 0 Å². The van der Waals surface area contributed by atoms with Gasteiger partial charge in [0.25, 0.3) is 0 Å². The van der Waals surface area contributed by atoms with E-state index in [4.69, 9.17) is 14.6 Å². The maximum absolute atomic E-state index is 12.8. The number of fused-ring (bicyclic) bond motifs is 2. The van der Waals surface area contributed by atoms with Gasteiger partial charge < -0.3 is 19.5 Å². The molecule has 1 N–H and O–H groups in total. The summed E-state index contributed by atoms with van der Waals surface area (Å²) in [6.07, 6.45) is 3.29. The fourth-order valence-corrected chi connectivity index (χ4v) is 4.64. The van der Waals surface area contributed by atoms with E-state index in [9.17, 15) is 18.0 Å². The summed E-state index contributed by atoms with van der Waals surface area (Å²) in [4.78, 5) is 25.4. The highest BCUT2D eigenvalue weighted by Crippen LogP contribution is 2.39. The quantitative estimate of drug-likeness (QED) is 0.641. The van der Waals surface area contributed by atoms with Gasteiger partial charge in [-0.05, 0) is 19.3 Å². The molecule has 0 saturated carbocycles. The van der Waals surface area contributed by atoms with Crippen LogP contribution in [0.4, 0.5) is 0 Å². The largest absolute Gasteiger partial charge is 0.480 e. The Morgan fingerprint density at radius 1 is 1.32 bits per heavy atom. The summed E-state index contributed by atoms with van der Waals surface area (Å²) < 4.78 is 35.7. The molecule has 10 heteroatoms. The molecule has 0 aromatic heterocycles. The van der Waals surface area contributed by atoms with Crippen LogP contribution in [0.3, 0.4) is 0 Å². The van der Waals surface area contributed by atoms with E-state index in [2.05, 4.69) is 0 Å². The Kier molecular flexibility index (Phi) is 5.33. The van der Waals surface area contributed by atoms with E-state index in [1.54, 1.807) is 4.90 Å². The molecule has 3 aliphatic rings. The number of morpholine rings is 1. The minimum atomic E-state index is -3.67. The first-order valence-electron chi connectivity index (χ1n) is 8.47. The van der Waals surface area contributed by atoms with Gasteiger partial charge in [0.05, 0.1) is 37.1 Å². The van der Waals surface area contributed by atoms with Gasteiger partial charge in [-0.3, -0.25) is 9.59 Å². The summed E-state index contributed by atoms with van der Waals surface area (Å²) in [6, 6.07) is 0. The van der Waals surface area contributed by atoms with Crippen LogP contribution >= 0.6 is 0 Å². The molecule has 4 unspecified atom stereocenters. The number of carbonyl (C=O) groups excluding carboxylic acids is 1. The van der Waals surface area contributed by atoms with Crippen molar-refractivity contribution in [1.29, 1.82) is 0 Å². The molecule has 9 nitrogen and oxygen atoms in total. The number of carboxylic acid groups (broad SMARTS) is 1. The minimum Gasteiger partial charge on any atom is -0.480 e. The van der Waals surface area contributed by atoms with E-state index >= 15 is 0 Å². The third kappa shape index (κ3) is 4.30. The average Bonchev–Trinajstić information content (AvgIpc) is 3.15. The van der Waals surface area contributed by atoms with Crippen molar-refractivity contribution in [3.63, 3.8) is 0 Å². The van der Waals surface area contributed by atoms with Crippen LogP contribution in [0.25, 0.3) is 0 Å². The van der Waals surface area contributed by atoms with Gasteiger partial charge in [-0.1, -0.05) is 0 Å². The number of carboxylic acids is 1. The molecule has 1 amide bonds. The molecule has 2 bridgehead atoms. The highest BCUT2D eigenvalue weighted by Gasteiger charge is 2.46. The van der Waals surface area contributed by atoms with Gasteiger partial charge in [0, 0.05) is 19.6 Å². The summed E-state index contributed by atoms with van der Waals surface area (Å²) in [7, 11) is -3.67. The minimum absolute atomic E-state index is 0.00155. The van der Waals surface area contributed by atoms with Crippen molar-refractivity contribution in [2.45, 2.75) is 37.6 Å². The summed E-state index contributed by atoms with van der Waals surface area (Å²) in [5, 5.41) is 8.90. The third-order valence-electron chi connectivity index (χ3n) is 5.06. The number of nitrogens with zero attached hydrogens (tertiary/aromatic N) is 2. The Bertz CT molecular complexity index is 638. The lowest BCUT2D eigenvalue weighted by Gasteiger charge is -2.36. The number of carbonyl (C=O) groups is 2. The van der Waals surface area contributed by atoms with Crippen LogP contribution in [0, 0.1) is 5.92 Å². The van der Waals surface area contributed by atoms with Gasteiger partial charge in [0.2, 0.25) is 15.9 Å². The van der Waals surface area contributed by atoms with E-state index in [1.165, 1.54) is 0 Å². The third-order valence-corrected chi connectivity index (χ3v) is 6.28. The topological polar surface area (TPSA) is 113 Å². The Morgan fingerprint density at radius 2 is 2.08 bits per heavy atom. The molecule has 25 heavy (non-hydrogen) atoms. The van der Waals surface area contributed by atoms with Crippen molar-refractivity contribution >= 4 is 21.9 Å². The lowest BCUT2D eigenvalue weighted by atomic mass is 9.88. The molecule has 3 saturated heterocycles. The zero-order valence-corrected chi connectivity index (χ0v) is 15.0. The maximum atomic E-state index is 12.8. The molecule has 0 aliphatic carbocycles. The molecule has 3 heterocycles. The first kappa shape index (κ1) is 18.6. The number of hydrogen-bond acceptors (Lipinski definition) is 6. The standard InChI is InChI=1S/C15H24N2O7S/c1-25(21,22)17(9-14(18)19)8-11-7-16(4-5-23-11)15(20)12-6-10-2-3-13(12)24-10/h10-13H,2-9H2,1H3,(H,18,19). The van der Waals surface area contributed by atoms with Gasteiger partial charge >= 0.3 is 5.97 Å². The first-order chi connectivity index (χ1) is 11.7. The second-order valence-corrected chi connectivity index (χ2v) is 8.92. The lowest BCUT2D eigenvalue weighted by molar-refractivity contribution is -0.146. The van der Waals surface area contributed by atoms with Crippen molar-refractivity contribution in [2.75, 3.05) is 39.0 Å². The van der Waals surface area contributed by atoms with Crippen LogP contribution in [-0.4, -0.2) is 92.0 Å². The molecule has 0 radical (unpaired) electrons. The average molecular weight is 376 g/mol. The molecule has 142 valence electrons. The Morgan fingerprint density at radius 3 is 2.64 bits per heavy atom. The predicted octanol–water partition coefficient (Wildman–Crippen LogP) is -0.872. The smallest absolute Gasteiger partial charge is 0.318 e. The van der Waals surface area contributed by atoms with Crippen LogP contribution in [0.5, 0.6) is 0 Å². The second-order valence-electron chi connectivity index (χ2n) is 6.94. The number of sulfonamides is 1. The molecular weight excluding hydrogens is 352 g/mol. The monoisotopic (exact) mass is 376 g/mol. The van der Waals surface area contributed by atoms with E-state index in [0.717, 1.165) is 29.8 Å². The molecule has 3 aliphatic heterocycles. The van der Waals surface area contributed by atoms with E-state index in [1.807, 2.05) is 0 Å². The van der Waals surface area contributed by atoms with Crippen LogP contribution in [-0.2, 0) is 29.1 Å². The summed E-state index contributed by atoms with van der Waals surface area (Å²) in [6.45, 7) is 0.330. The number of amides is 1. The normalized spacial score (nSPS) is 32.3. The highest BCUT2D eigenvalue weighted by molar-refractivity contribution is 7.88. The summed E-state index contributed by atoms with van der Waals surface area (Å²) in [5.74, 6) is -1.32. The molecule has 4 atom stereocenters. The van der Waals surface area contributed by atoms with Gasteiger partial charge in [-0.2, -0.15) is 4.31 Å². The van der Waals surface area contributed by atoms with Crippen LogP contribution < -0.4 is 0 Å². The fraction of sp³-hybridized carbons (Fsp3) is 0.867. The SMILES string of the molecule is CS(=O)(=O)N(CC(=O)O)CC1CN(C(=O)C2CC3CCC2O3)CCO1. The molecule has 0 aromatic rings. The van der Waals surface area contributed by atoms with Crippen molar-refractivity contribution in [1.82, 2.24) is 9.21 Å². The number of hydrogen-bond donors (Lipinski definition) is 1. The second kappa shape index (κ2) is 7.18. The summed E-state index contributed by atoms with van der Waals surface area (Å²) >= 11 is 0. The van der Waals surface area contributed by atoms with Gasteiger partial charge in [0.15, 0.2) is 0 Å². The number of rotatable bonds is 6. The zero-order chi connectivity index (χ0) is 18.2. The molecule has 0 spiro atoms. The Labute approximate surface area is 146 Å². The highest BCUT2D eigenvalue weighted by atomic mass is 32.2. The van der Waals surface area contributed by atoms with Gasteiger partial charge in [0.1, 0.15) is 6.54 Å². The summed E-state index contributed by atoms with van der Waals surface area (Å²) in [5.41, 5.74) is 0. The van der Waals surface area contributed by atoms with E-state index in [-0.39, 0.29) is 37.1 Å². The van der Waals surface area contributed by atoms with Gasteiger partial charge in [-0.25, -0.2) is 8.42 Å². The van der Waals surface area contributed by atoms with Gasteiger partial charge in [-0.15, -0.1) is 0 Å². The van der Waals surface area contributed by atoms with Crippen LogP contribution in [0.1, 0.15) is 19.3 Å². The van der Waals surface area contributed by atoms with Crippen molar-refractivity contribution in [2.24, 2.45) is 5.92 Å². The van der Waals surface area contributed by atoms with Crippen molar-refractivity contribution < 1.29 is 32.6 Å². The number of aliphatic carboxylic acids is 1. The van der Waals surface area contributed by atoms with Crippen molar-refractivity contribution in [3.8, 4) is 0 Å². The van der Waals surface area contributed by atoms with Crippen molar-refractivity contribution in [3.05, 3.63) is 0 Å².